The molecule has 0 aliphatic rings. The Morgan fingerprint density at radius 1 is 0.491 bits per heavy atom. The maximum absolute atomic E-state index is 6.46. The molecule has 3 aromatic heterocycles. The normalized spacial score (nSPS) is 11.8. The third kappa shape index (κ3) is 5.96. The molecule has 0 fully saturated rings. The fraction of sp³-hybridized carbons (Fsp3) is 0.0600. The predicted molar refractivity (Wildman–Crippen MR) is 225 cm³/mol. The number of benzene rings is 7. The van der Waals surface area contributed by atoms with Crippen LogP contribution in [0.3, 0.4) is 0 Å². The van der Waals surface area contributed by atoms with Crippen molar-refractivity contribution in [3.05, 3.63) is 180 Å². The second-order valence-electron chi connectivity index (χ2n) is 13.8. The van der Waals surface area contributed by atoms with Crippen LogP contribution in [0.2, 0.25) is 0 Å². The van der Waals surface area contributed by atoms with E-state index in [4.69, 9.17) is 23.8 Å². The first-order valence-electron chi connectivity index (χ1n) is 18.7. The number of aromatic nitrogens is 3. The van der Waals surface area contributed by atoms with E-state index >= 15 is 0 Å². The van der Waals surface area contributed by atoms with E-state index in [0.29, 0.717) is 17.5 Å². The lowest BCUT2D eigenvalue weighted by atomic mass is 9.96. The molecule has 0 saturated carbocycles. The first-order chi connectivity index (χ1) is 27.2. The molecule has 0 aliphatic carbocycles. The van der Waals surface area contributed by atoms with Gasteiger partial charge >= 0.3 is 0 Å². The van der Waals surface area contributed by atoms with E-state index in [0.717, 1.165) is 84.5 Å². The minimum Gasteiger partial charge on any atom is -0.456 e. The molecule has 0 N–H and O–H groups in total. The number of nitrogens with zero attached hydrogens (tertiary/aromatic N) is 3. The number of fused-ring (bicyclic) bond motifs is 6. The Kier molecular flexibility index (Phi) is 8.11. The molecule has 0 bridgehead atoms. The van der Waals surface area contributed by atoms with Crippen molar-refractivity contribution in [2.75, 3.05) is 0 Å². The molecule has 0 spiro atoms. The minimum absolute atomic E-state index is 0.545. The van der Waals surface area contributed by atoms with Crippen molar-refractivity contribution in [3.8, 4) is 45.3 Å². The Morgan fingerprint density at radius 3 is 2.04 bits per heavy atom. The fourth-order valence-corrected chi connectivity index (χ4v) is 7.59. The van der Waals surface area contributed by atoms with E-state index < -0.39 is 0 Å². The zero-order valence-electron chi connectivity index (χ0n) is 30.2. The molecule has 10 rings (SSSR count). The summed E-state index contributed by atoms with van der Waals surface area (Å²) >= 11 is 0. The van der Waals surface area contributed by atoms with Gasteiger partial charge in [-0.15, -0.1) is 0 Å². The average molecular weight is 710 g/mol. The monoisotopic (exact) mass is 709 g/mol. The van der Waals surface area contributed by atoms with Gasteiger partial charge in [0.15, 0.2) is 17.5 Å². The van der Waals surface area contributed by atoms with Crippen LogP contribution < -0.4 is 0 Å². The molecule has 0 amide bonds. The molecule has 5 heteroatoms. The standard InChI is InChI=1S/C50H35N3O2/c1-2-3-13-33-14-7-8-17-36(33)30-32-24-26-34(27-25-32)37-28-29-44-42(31-37)46-40(20-12-23-45(46)54-44)49-51-48(35-15-5-4-6-16-35)52-50(53-49)41-21-11-19-39-38-18-9-10-22-43(38)55-47(39)41/h3-29,31H,2,30H2,1H3/b13-3-. The van der Waals surface area contributed by atoms with Gasteiger partial charge in [-0.05, 0) is 71.0 Å². The average Bonchev–Trinajstić information content (AvgIpc) is 3.82. The van der Waals surface area contributed by atoms with Crippen LogP contribution in [0.4, 0.5) is 0 Å². The lowest BCUT2D eigenvalue weighted by Crippen LogP contribution is -2.00. The van der Waals surface area contributed by atoms with Gasteiger partial charge in [0.2, 0.25) is 0 Å². The highest BCUT2D eigenvalue weighted by atomic mass is 16.3. The van der Waals surface area contributed by atoms with Crippen LogP contribution in [0.5, 0.6) is 0 Å². The highest BCUT2D eigenvalue weighted by Gasteiger charge is 2.20. The zero-order valence-corrected chi connectivity index (χ0v) is 30.2. The number of rotatable bonds is 8. The lowest BCUT2D eigenvalue weighted by Gasteiger charge is -2.10. The predicted octanol–water partition coefficient (Wildman–Crippen LogP) is 13.4. The Morgan fingerprint density at radius 2 is 1.16 bits per heavy atom. The number of para-hydroxylation sites is 2. The summed E-state index contributed by atoms with van der Waals surface area (Å²) in [5.74, 6) is 1.69. The fourth-order valence-electron chi connectivity index (χ4n) is 7.59. The summed E-state index contributed by atoms with van der Waals surface area (Å²) in [6.07, 6.45) is 6.34. The van der Waals surface area contributed by atoms with E-state index in [1.54, 1.807) is 0 Å². The van der Waals surface area contributed by atoms with Crippen molar-refractivity contribution in [1.29, 1.82) is 0 Å². The molecule has 55 heavy (non-hydrogen) atoms. The van der Waals surface area contributed by atoms with Crippen molar-refractivity contribution in [2.24, 2.45) is 0 Å². The smallest absolute Gasteiger partial charge is 0.167 e. The number of allylic oxidation sites excluding steroid dienone is 1. The third-order valence-corrected chi connectivity index (χ3v) is 10.3. The summed E-state index contributed by atoms with van der Waals surface area (Å²) < 4.78 is 12.9. The highest BCUT2D eigenvalue weighted by molar-refractivity contribution is 6.13. The molecule has 262 valence electrons. The Hall–Kier alpha value is -7.11. The molecular weight excluding hydrogens is 675 g/mol. The molecule has 0 radical (unpaired) electrons. The van der Waals surface area contributed by atoms with Crippen LogP contribution in [0, 0.1) is 0 Å². The quantitative estimate of drug-likeness (QED) is 0.157. The summed E-state index contributed by atoms with van der Waals surface area (Å²) in [5, 5.41) is 4.05. The Bertz CT molecular complexity index is 3050. The van der Waals surface area contributed by atoms with Crippen LogP contribution in [0.15, 0.2) is 173 Å². The largest absolute Gasteiger partial charge is 0.456 e. The topological polar surface area (TPSA) is 65.0 Å². The number of furan rings is 2. The number of hydrogen-bond acceptors (Lipinski definition) is 5. The molecule has 0 atom stereocenters. The minimum atomic E-state index is 0.545. The van der Waals surface area contributed by atoms with E-state index in [1.807, 2.05) is 72.8 Å². The van der Waals surface area contributed by atoms with Crippen LogP contribution in [0.1, 0.15) is 30.0 Å². The maximum atomic E-state index is 6.46. The van der Waals surface area contributed by atoms with Crippen molar-refractivity contribution in [3.63, 3.8) is 0 Å². The Balaban J connectivity index is 1.09. The van der Waals surface area contributed by atoms with Gasteiger partial charge in [-0.25, -0.2) is 15.0 Å². The summed E-state index contributed by atoms with van der Waals surface area (Å²) in [7, 11) is 0. The Labute approximate surface area is 318 Å². The molecular formula is C50H35N3O2. The van der Waals surface area contributed by atoms with Crippen molar-refractivity contribution in [1.82, 2.24) is 15.0 Å². The molecule has 0 aliphatic heterocycles. The molecule has 10 aromatic rings. The van der Waals surface area contributed by atoms with Crippen LogP contribution in [-0.4, -0.2) is 15.0 Å². The summed E-state index contributed by atoms with van der Waals surface area (Å²) in [5.41, 5.74) is 11.9. The maximum Gasteiger partial charge on any atom is 0.167 e. The van der Waals surface area contributed by atoms with E-state index in [1.165, 1.54) is 16.7 Å². The second kappa shape index (κ2) is 13.7. The molecule has 5 nitrogen and oxygen atoms in total. The first kappa shape index (κ1) is 32.5. The van der Waals surface area contributed by atoms with E-state index in [9.17, 15) is 0 Å². The first-order valence-corrected chi connectivity index (χ1v) is 18.7. The van der Waals surface area contributed by atoms with Crippen LogP contribution in [-0.2, 0) is 6.42 Å². The van der Waals surface area contributed by atoms with Gasteiger partial charge in [0.05, 0.1) is 5.56 Å². The van der Waals surface area contributed by atoms with Crippen LogP contribution >= 0.6 is 0 Å². The third-order valence-electron chi connectivity index (χ3n) is 10.3. The van der Waals surface area contributed by atoms with Gasteiger partial charge < -0.3 is 8.83 Å². The van der Waals surface area contributed by atoms with Gasteiger partial charge in [-0.1, -0.05) is 146 Å². The number of hydrogen-bond donors (Lipinski definition) is 0. The van der Waals surface area contributed by atoms with Crippen molar-refractivity contribution in [2.45, 2.75) is 19.8 Å². The molecule has 0 saturated heterocycles. The van der Waals surface area contributed by atoms with Crippen molar-refractivity contribution < 1.29 is 8.83 Å². The van der Waals surface area contributed by atoms with E-state index in [-0.39, 0.29) is 0 Å². The van der Waals surface area contributed by atoms with Gasteiger partial charge in [-0.2, -0.15) is 0 Å². The molecule has 0 unspecified atom stereocenters. The van der Waals surface area contributed by atoms with E-state index in [2.05, 4.69) is 104 Å². The lowest BCUT2D eigenvalue weighted by molar-refractivity contribution is 0.668. The SMILES string of the molecule is CC/C=C\c1ccccc1Cc1ccc(-c2ccc3oc4cccc(-c5nc(-c6ccccc6)nc(-c6cccc7c6oc6ccccc67)n5)c4c3c2)cc1. The zero-order chi connectivity index (χ0) is 36.7. The molecule has 7 aromatic carbocycles. The van der Waals surface area contributed by atoms with Crippen LogP contribution in [0.25, 0.3) is 95.2 Å². The van der Waals surface area contributed by atoms with Gasteiger partial charge in [0, 0.05) is 32.7 Å². The highest BCUT2D eigenvalue weighted by Crippen LogP contribution is 2.40. The van der Waals surface area contributed by atoms with Gasteiger partial charge in [0.1, 0.15) is 22.3 Å². The van der Waals surface area contributed by atoms with Gasteiger partial charge in [-0.3, -0.25) is 0 Å². The summed E-state index contributed by atoms with van der Waals surface area (Å²) in [6.45, 7) is 2.17. The summed E-state index contributed by atoms with van der Waals surface area (Å²) in [6, 6.07) is 54.3. The van der Waals surface area contributed by atoms with Crippen molar-refractivity contribution >= 4 is 50.0 Å². The second-order valence-corrected chi connectivity index (χ2v) is 13.8. The van der Waals surface area contributed by atoms with Gasteiger partial charge in [0.25, 0.3) is 0 Å². The molecule has 3 heterocycles. The summed E-state index contributed by atoms with van der Waals surface area (Å²) in [4.78, 5) is 15.3.